The number of aromatic nitrogens is 3. The summed E-state index contributed by atoms with van der Waals surface area (Å²) < 4.78 is 12.1. The molecular weight excluding hydrogens is 423 g/mol. The Morgan fingerprint density at radius 2 is 2.04 bits per heavy atom. The Morgan fingerprint density at radius 1 is 1.29 bits per heavy atom. The quantitative estimate of drug-likeness (QED) is 0.376. The van der Waals surface area contributed by atoms with Crippen molar-refractivity contribution in [3.05, 3.63) is 35.9 Å². The maximum absolute atomic E-state index is 5.83. The van der Waals surface area contributed by atoms with Crippen LogP contribution in [0.1, 0.15) is 11.4 Å². The first-order valence-corrected chi connectivity index (χ1v) is 7.21. The van der Waals surface area contributed by atoms with E-state index in [1.165, 1.54) is 0 Å². The lowest BCUT2D eigenvalue weighted by molar-refractivity contribution is 0.354. The summed E-state index contributed by atoms with van der Waals surface area (Å²) in [7, 11) is 5.05. The molecule has 0 saturated carbocycles. The monoisotopic (exact) mass is 446 g/mol. The van der Waals surface area contributed by atoms with Gasteiger partial charge in [0.1, 0.15) is 12.9 Å². The number of benzene rings is 1. The number of nitrogens with one attached hydrogen (secondary N) is 1. The van der Waals surface area contributed by atoms with Gasteiger partial charge in [-0.1, -0.05) is 6.07 Å². The van der Waals surface area contributed by atoms with Crippen molar-refractivity contribution in [2.45, 2.75) is 13.0 Å². The van der Waals surface area contributed by atoms with E-state index < -0.39 is 0 Å². The fourth-order valence-corrected chi connectivity index (χ4v) is 2.04. The zero-order valence-corrected chi connectivity index (χ0v) is 16.4. The van der Waals surface area contributed by atoms with Gasteiger partial charge in [0, 0.05) is 13.6 Å². The van der Waals surface area contributed by atoms with Crippen molar-refractivity contribution in [1.29, 1.82) is 0 Å². The van der Waals surface area contributed by atoms with Crippen LogP contribution in [0.4, 0.5) is 0 Å². The van der Waals surface area contributed by atoms with E-state index in [0.717, 1.165) is 12.0 Å². The summed E-state index contributed by atoms with van der Waals surface area (Å²) in [5, 5.41) is 7.20. The summed E-state index contributed by atoms with van der Waals surface area (Å²) >= 11 is 0. The smallest absolute Gasteiger partial charge is 0.189 e. The number of nitrogens with zero attached hydrogens (tertiary/aromatic N) is 4. The van der Waals surface area contributed by atoms with Crippen LogP contribution < -0.4 is 20.5 Å². The Morgan fingerprint density at radius 3 is 2.67 bits per heavy atom. The first-order valence-electron chi connectivity index (χ1n) is 7.21. The zero-order chi connectivity index (χ0) is 16.7. The molecule has 0 atom stereocenters. The Kier molecular flexibility index (Phi) is 8.30. The molecule has 0 aliphatic heterocycles. The molecule has 132 valence electrons. The molecule has 0 radical (unpaired) electrons. The number of guanidine groups is 1. The maximum Gasteiger partial charge on any atom is 0.189 e. The third-order valence-corrected chi connectivity index (χ3v) is 3.21. The van der Waals surface area contributed by atoms with Gasteiger partial charge in [-0.05, 0) is 24.1 Å². The summed E-state index contributed by atoms with van der Waals surface area (Å²) in [6, 6.07) is 5.83. The number of methoxy groups -OCH3 is 2. The Labute approximate surface area is 158 Å². The largest absolute Gasteiger partial charge is 0.493 e. The normalized spacial score (nSPS) is 10.9. The van der Waals surface area contributed by atoms with E-state index in [-0.39, 0.29) is 24.0 Å². The SMILES string of the molecule is COc1ccc(CCNC(N)=NCc2ncn(C)n2)cc1OC.I. The van der Waals surface area contributed by atoms with Crippen molar-refractivity contribution in [3.8, 4) is 11.5 Å². The molecule has 1 aromatic heterocycles. The standard InChI is InChI=1S/C15H22N6O2.HI/c1-21-10-19-14(20-21)9-18-15(16)17-7-6-11-4-5-12(22-2)13(8-11)23-3;/h4-5,8,10H,6-7,9H2,1-3H3,(H3,16,17,18);1H. The molecule has 0 aliphatic rings. The van der Waals surface area contributed by atoms with Gasteiger partial charge >= 0.3 is 0 Å². The lowest BCUT2D eigenvalue weighted by Crippen LogP contribution is -2.33. The second-order valence-corrected chi connectivity index (χ2v) is 4.90. The fraction of sp³-hybridized carbons (Fsp3) is 0.400. The summed E-state index contributed by atoms with van der Waals surface area (Å²) in [6.45, 7) is 1.02. The number of hydrogen-bond donors (Lipinski definition) is 2. The molecule has 0 fully saturated rings. The number of halogens is 1. The number of aryl methyl sites for hydroxylation is 1. The molecule has 3 N–H and O–H groups in total. The fourth-order valence-electron chi connectivity index (χ4n) is 2.04. The summed E-state index contributed by atoms with van der Waals surface area (Å²) in [6.07, 6.45) is 2.42. The zero-order valence-electron chi connectivity index (χ0n) is 14.0. The van der Waals surface area contributed by atoms with Crippen LogP contribution in [-0.2, 0) is 20.0 Å². The van der Waals surface area contributed by atoms with Crippen LogP contribution in [0, 0.1) is 0 Å². The third kappa shape index (κ3) is 5.87. The van der Waals surface area contributed by atoms with E-state index in [1.807, 2.05) is 25.2 Å². The van der Waals surface area contributed by atoms with Crippen LogP contribution in [0.5, 0.6) is 11.5 Å². The lowest BCUT2D eigenvalue weighted by Gasteiger charge is -2.10. The Balaban J connectivity index is 0.00000288. The second-order valence-electron chi connectivity index (χ2n) is 4.90. The van der Waals surface area contributed by atoms with Gasteiger partial charge < -0.3 is 20.5 Å². The van der Waals surface area contributed by atoms with Crippen LogP contribution >= 0.6 is 24.0 Å². The molecule has 8 nitrogen and oxygen atoms in total. The van der Waals surface area contributed by atoms with Crippen LogP contribution in [0.2, 0.25) is 0 Å². The summed E-state index contributed by atoms with van der Waals surface area (Å²) in [5.74, 6) is 2.44. The van der Waals surface area contributed by atoms with Crippen molar-refractivity contribution in [2.75, 3.05) is 20.8 Å². The molecule has 0 spiro atoms. The molecule has 0 amide bonds. The minimum Gasteiger partial charge on any atom is -0.493 e. The molecule has 0 aliphatic carbocycles. The average Bonchev–Trinajstić information content (AvgIpc) is 2.98. The van der Waals surface area contributed by atoms with E-state index in [9.17, 15) is 0 Å². The predicted molar refractivity (Wildman–Crippen MR) is 103 cm³/mol. The van der Waals surface area contributed by atoms with Gasteiger partial charge in [-0.25, -0.2) is 9.98 Å². The van der Waals surface area contributed by atoms with Crippen molar-refractivity contribution in [1.82, 2.24) is 20.1 Å². The maximum atomic E-state index is 5.83. The summed E-state index contributed by atoms with van der Waals surface area (Å²) in [4.78, 5) is 8.29. The van der Waals surface area contributed by atoms with Crippen molar-refractivity contribution in [3.63, 3.8) is 0 Å². The number of hydrogen-bond acceptors (Lipinski definition) is 5. The Bertz CT molecular complexity index is 674. The van der Waals surface area contributed by atoms with Gasteiger partial charge in [-0.3, -0.25) is 4.68 Å². The van der Waals surface area contributed by atoms with Crippen LogP contribution in [0.3, 0.4) is 0 Å². The van der Waals surface area contributed by atoms with E-state index >= 15 is 0 Å². The third-order valence-electron chi connectivity index (χ3n) is 3.21. The first kappa shape index (κ1) is 20.0. The van der Waals surface area contributed by atoms with Crippen molar-refractivity contribution in [2.24, 2.45) is 17.8 Å². The van der Waals surface area contributed by atoms with Gasteiger partial charge in [0.25, 0.3) is 0 Å². The topological polar surface area (TPSA) is 99.6 Å². The van der Waals surface area contributed by atoms with Gasteiger partial charge in [0.15, 0.2) is 23.3 Å². The minimum atomic E-state index is 0. The molecule has 0 saturated heterocycles. The van der Waals surface area contributed by atoms with E-state index in [2.05, 4.69) is 20.4 Å². The van der Waals surface area contributed by atoms with Gasteiger partial charge in [0.2, 0.25) is 0 Å². The van der Waals surface area contributed by atoms with E-state index in [1.54, 1.807) is 25.2 Å². The molecule has 9 heteroatoms. The minimum absolute atomic E-state index is 0. The number of aliphatic imine (C=N–C) groups is 1. The first-order chi connectivity index (χ1) is 11.1. The van der Waals surface area contributed by atoms with E-state index in [0.29, 0.717) is 36.4 Å². The molecule has 1 aromatic carbocycles. The van der Waals surface area contributed by atoms with Crippen molar-refractivity contribution < 1.29 is 9.47 Å². The number of nitrogens with two attached hydrogens (primary N) is 1. The molecular formula is C15H23IN6O2. The van der Waals surface area contributed by atoms with Gasteiger partial charge in [-0.15, -0.1) is 24.0 Å². The highest BCUT2D eigenvalue weighted by Gasteiger charge is 2.04. The highest BCUT2D eigenvalue weighted by molar-refractivity contribution is 14.0. The highest BCUT2D eigenvalue weighted by Crippen LogP contribution is 2.27. The number of ether oxygens (including phenoxy) is 2. The van der Waals surface area contributed by atoms with Gasteiger partial charge in [-0.2, -0.15) is 5.10 Å². The second kappa shape index (κ2) is 9.96. The molecule has 0 bridgehead atoms. The van der Waals surface area contributed by atoms with Crippen LogP contribution in [0.25, 0.3) is 0 Å². The lowest BCUT2D eigenvalue weighted by atomic mass is 10.1. The van der Waals surface area contributed by atoms with Crippen LogP contribution in [0.15, 0.2) is 29.5 Å². The molecule has 2 aromatic rings. The predicted octanol–water partition coefficient (Wildman–Crippen LogP) is 1.10. The van der Waals surface area contributed by atoms with E-state index in [4.69, 9.17) is 15.2 Å². The van der Waals surface area contributed by atoms with Gasteiger partial charge in [0.05, 0.1) is 14.2 Å². The number of rotatable bonds is 7. The summed E-state index contributed by atoms with van der Waals surface area (Å²) in [5.41, 5.74) is 6.95. The molecule has 24 heavy (non-hydrogen) atoms. The van der Waals surface area contributed by atoms with Crippen molar-refractivity contribution >= 4 is 29.9 Å². The molecule has 0 unspecified atom stereocenters. The molecule has 1 heterocycles. The Hall–Kier alpha value is -2.04. The highest BCUT2D eigenvalue weighted by atomic mass is 127. The average molecular weight is 446 g/mol. The molecule has 2 rings (SSSR count). The van der Waals surface area contributed by atoms with Crippen LogP contribution in [-0.4, -0.2) is 41.5 Å².